The zero-order valence-corrected chi connectivity index (χ0v) is 10.2. The standard InChI is InChI=1S/C13H11ClO4/c14-8-3-1-7-2-5-10(12(16)13(17)18)11(15)9(7)6-4-8/h3-4,6,10H,1-2,5H2,(H,17,18). The van der Waals surface area contributed by atoms with Crippen molar-refractivity contribution in [2.24, 2.45) is 5.92 Å². The second kappa shape index (κ2) is 4.90. The summed E-state index contributed by atoms with van der Waals surface area (Å²) in [4.78, 5) is 34.2. The third-order valence-electron chi connectivity index (χ3n) is 3.18. The molecule has 18 heavy (non-hydrogen) atoms. The van der Waals surface area contributed by atoms with Crippen LogP contribution in [0.3, 0.4) is 0 Å². The van der Waals surface area contributed by atoms with Gasteiger partial charge in [0, 0.05) is 10.6 Å². The van der Waals surface area contributed by atoms with Gasteiger partial charge in [0.2, 0.25) is 0 Å². The summed E-state index contributed by atoms with van der Waals surface area (Å²) in [5, 5.41) is 9.22. The van der Waals surface area contributed by atoms with Crippen molar-refractivity contribution in [1.82, 2.24) is 0 Å². The first kappa shape index (κ1) is 12.8. The zero-order valence-electron chi connectivity index (χ0n) is 9.48. The summed E-state index contributed by atoms with van der Waals surface area (Å²) >= 11 is 5.86. The van der Waals surface area contributed by atoms with Crippen LogP contribution in [0.25, 0.3) is 0 Å². The molecule has 2 aliphatic carbocycles. The molecule has 0 amide bonds. The van der Waals surface area contributed by atoms with Gasteiger partial charge in [0.05, 0.1) is 5.92 Å². The van der Waals surface area contributed by atoms with Crippen LogP contribution in [-0.2, 0) is 14.4 Å². The van der Waals surface area contributed by atoms with Crippen LogP contribution in [0.15, 0.2) is 34.4 Å². The molecule has 0 bridgehead atoms. The Bertz CT molecular complexity index is 525. The number of carbonyl (C=O) groups is 3. The van der Waals surface area contributed by atoms with Crippen LogP contribution < -0.4 is 0 Å². The highest BCUT2D eigenvalue weighted by Crippen LogP contribution is 2.32. The van der Waals surface area contributed by atoms with E-state index in [1.54, 1.807) is 18.2 Å². The number of ketones is 2. The molecule has 0 spiro atoms. The van der Waals surface area contributed by atoms with Crippen LogP contribution in [0.2, 0.25) is 0 Å². The largest absolute Gasteiger partial charge is 0.475 e. The highest BCUT2D eigenvalue weighted by atomic mass is 35.5. The SMILES string of the molecule is O=C(O)C(=O)C1CCC2=C(C=CC(Cl)=CC2)C1=O. The highest BCUT2D eigenvalue weighted by Gasteiger charge is 2.36. The molecule has 2 aliphatic rings. The molecule has 1 N–H and O–H groups in total. The summed E-state index contributed by atoms with van der Waals surface area (Å²) in [5.74, 6) is -4.03. The average molecular weight is 267 g/mol. The molecule has 0 saturated carbocycles. The Morgan fingerprint density at radius 1 is 1.33 bits per heavy atom. The molecular weight excluding hydrogens is 256 g/mol. The number of allylic oxidation sites excluding steroid dienone is 6. The van der Waals surface area contributed by atoms with Gasteiger partial charge in [-0.15, -0.1) is 0 Å². The van der Waals surface area contributed by atoms with Gasteiger partial charge in [-0.1, -0.05) is 23.3 Å². The third kappa shape index (κ3) is 2.29. The predicted molar refractivity (Wildman–Crippen MR) is 65.1 cm³/mol. The minimum Gasteiger partial charge on any atom is -0.475 e. The number of halogens is 1. The molecule has 0 aromatic heterocycles. The molecule has 0 aromatic rings. The lowest BCUT2D eigenvalue weighted by Crippen LogP contribution is -2.33. The second-order valence-corrected chi connectivity index (χ2v) is 4.71. The number of carbonyl (C=O) groups excluding carboxylic acids is 2. The molecule has 0 fully saturated rings. The molecule has 0 aliphatic heterocycles. The van der Waals surface area contributed by atoms with E-state index in [1.807, 2.05) is 0 Å². The maximum absolute atomic E-state index is 12.1. The first-order valence-electron chi connectivity index (χ1n) is 5.58. The lowest BCUT2D eigenvalue weighted by Gasteiger charge is -2.21. The molecule has 5 heteroatoms. The number of rotatable bonds is 2. The molecule has 0 aromatic carbocycles. The van der Waals surface area contributed by atoms with Crippen LogP contribution in [-0.4, -0.2) is 22.6 Å². The smallest absolute Gasteiger partial charge is 0.372 e. The fraction of sp³-hybridized carbons (Fsp3) is 0.308. The van der Waals surface area contributed by atoms with Crippen molar-refractivity contribution in [2.45, 2.75) is 19.3 Å². The number of Topliss-reactive ketones (excluding diaryl/α,β-unsaturated/α-hetero) is 2. The van der Waals surface area contributed by atoms with Crippen molar-refractivity contribution in [1.29, 1.82) is 0 Å². The molecule has 4 nitrogen and oxygen atoms in total. The second-order valence-electron chi connectivity index (χ2n) is 4.27. The van der Waals surface area contributed by atoms with E-state index < -0.39 is 23.5 Å². The van der Waals surface area contributed by atoms with Crippen molar-refractivity contribution in [3.63, 3.8) is 0 Å². The molecule has 0 heterocycles. The van der Waals surface area contributed by atoms with Gasteiger partial charge >= 0.3 is 5.97 Å². The number of carboxylic acids is 1. The summed E-state index contributed by atoms with van der Waals surface area (Å²) in [6, 6.07) is 0. The van der Waals surface area contributed by atoms with Gasteiger partial charge in [-0.3, -0.25) is 9.59 Å². The van der Waals surface area contributed by atoms with Crippen LogP contribution in [0.1, 0.15) is 19.3 Å². The number of carboxylic acid groups (broad SMARTS) is 1. The minimum atomic E-state index is -1.55. The zero-order chi connectivity index (χ0) is 13.3. The summed E-state index contributed by atoms with van der Waals surface area (Å²) in [5.41, 5.74) is 1.36. The highest BCUT2D eigenvalue weighted by molar-refractivity contribution is 6.39. The normalized spacial score (nSPS) is 23.3. The van der Waals surface area contributed by atoms with Gasteiger partial charge < -0.3 is 5.11 Å². The Morgan fingerprint density at radius 3 is 2.72 bits per heavy atom. The van der Waals surface area contributed by atoms with Crippen LogP contribution in [0.5, 0.6) is 0 Å². The fourth-order valence-electron chi connectivity index (χ4n) is 2.21. The van der Waals surface area contributed by atoms with Crippen molar-refractivity contribution in [3.8, 4) is 0 Å². The van der Waals surface area contributed by atoms with Crippen LogP contribution in [0.4, 0.5) is 0 Å². The maximum atomic E-state index is 12.1. The lowest BCUT2D eigenvalue weighted by molar-refractivity contribution is -0.152. The van der Waals surface area contributed by atoms with Gasteiger partial charge in [-0.2, -0.15) is 0 Å². The molecule has 94 valence electrons. The summed E-state index contributed by atoms with van der Waals surface area (Å²) in [6.07, 6.45) is 6.35. The van der Waals surface area contributed by atoms with E-state index in [4.69, 9.17) is 16.7 Å². The fourth-order valence-corrected chi connectivity index (χ4v) is 2.35. The van der Waals surface area contributed by atoms with E-state index in [0.717, 1.165) is 5.57 Å². The Balaban J connectivity index is 2.31. The molecule has 0 radical (unpaired) electrons. The van der Waals surface area contributed by atoms with Gasteiger partial charge in [0.15, 0.2) is 5.78 Å². The van der Waals surface area contributed by atoms with Crippen molar-refractivity contribution >= 4 is 29.1 Å². The van der Waals surface area contributed by atoms with E-state index in [1.165, 1.54) is 0 Å². The van der Waals surface area contributed by atoms with Crippen molar-refractivity contribution in [3.05, 3.63) is 34.4 Å². The quantitative estimate of drug-likeness (QED) is 0.613. The Hall–Kier alpha value is -1.68. The van der Waals surface area contributed by atoms with Crippen LogP contribution >= 0.6 is 11.6 Å². The Kier molecular flexibility index (Phi) is 3.48. The predicted octanol–water partition coefficient (Wildman–Crippen LogP) is 2.00. The van der Waals surface area contributed by atoms with E-state index in [-0.39, 0.29) is 6.42 Å². The average Bonchev–Trinajstić information content (AvgIpc) is 2.52. The monoisotopic (exact) mass is 266 g/mol. The minimum absolute atomic E-state index is 0.266. The molecule has 1 atom stereocenters. The molecule has 0 saturated heterocycles. The Morgan fingerprint density at radius 2 is 2.06 bits per heavy atom. The molecule has 1 unspecified atom stereocenters. The van der Waals surface area contributed by atoms with Crippen molar-refractivity contribution < 1.29 is 19.5 Å². The molecule has 2 rings (SSSR count). The molecular formula is C13H11ClO4. The van der Waals surface area contributed by atoms with Gasteiger partial charge in [0.1, 0.15) is 0 Å². The van der Waals surface area contributed by atoms with E-state index >= 15 is 0 Å². The Labute approximate surface area is 109 Å². The summed E-state index contributed by atoms with van der Waals surface area (Å²) < 4.78 is 0. The van der Waals surface area contributed by atoms with E-state index in [2.05, 4.69) is 0 Å². The number of aliphatic carboxylic acids is 1. The summed E-state index contributed by atoms with van der Waals surface area (Å²) in [6.45, 7) is 0. The number of hydrogen-bond donors (Lipinski definition) is 1. The lowest BCUT2D eigenvalue weighted by atomic mass is 9.79. The van der Waals surface area contributed by atoms with Gasteiger partial charge in [-0.05, 0) is 31.4 Å². The maximum Gasteiger partial charge on any atom is 0.372 e. The number of hydrogen-bond acceptors (Lipinski definition) is 3. The van der Waals surface area contributed by atoms with Crippen LogP contribution in [0, 0.1) is 5.92 Å². The first-order valence-corrected chi connectivity index (χ1v) is 5.95. The van der Waals surface area contributed by atoms with Gasteiger partial charge in [0.25, 0.3) is 5.78 Å². The first-order chi connectivity index (χ1) is 8.50. The van der Waals surface area contributed by atoms with Crippen molar-refractivity contribution in [2.75, 3.05) is 0 Å². The van der Waals surface area contributed by atoms with E-state index in [9.17, 15) is 14.4 Å². The topological polar surface area (TPSA) is 71.4 Å². The summed E-state index contributed by atoms with van der Waals surface area (Å²) in [7, 11) is 0. The third-order valence-corrected chi connectivity index (χ3v) is 3.46. The van der Waals surface area contributed by atoms with Gasteiger partial charge in [-0.25, -0.2) is 4.79 Å². The van der Waals surface area contributed by atoms with E-state index in [0.29, 0.717) is 23.4 Å².